The molecule has 1 aromatic heterocycles. The lowest BCUT2D eigenvalue weighted by Gasteiger charge is -2.28. The number of hydrogen-bond donors (Lipinski definition) is 0. The smallest absolute Gasteiger partial charge is 0.0541 e. The topological polar surface area (TPSA) is 8.17 Å². The normalized spacial score (nSPS) is 11.3. The van der Waals surface area contributed by atoms with E-state index in [4.69, 9.17) is 0 Å². The van der Waals surface area contributed by atoms with Crippen LogP contribution < -0.4 is 4.90 Å². The zero-order valence-corrected chi connectivity index (χ0v) is 39.6. The van der Waals surface area contributed by atoms with Crippen molar-refractivity contribution in [3.63, 3.8) is 0 Å². The molecule has 2 heteroatoms. The quantitative estimate of drug-likeness (QED) is 0.133. The van der Waals surface area contributed by atoms with Gasteiger partial charge in [-0.3, -0.25) is 0 Å². The highest BCUT2D eigenvalue weighted by atomic mass is 15.1. The molecule has 72 heavy (non-hydrogen) atoms. The fourth-order valence-corrected chi connectivity index (χ4v) is 10.6. The van der Waals surface area contributed by atoms with Crippen LogP contribution in [0.2, 0.25) is 0 Å². The third-order valence-electron chi connectivity index (χ3n) is 14.2. The number of fused-ring (bicyclic) bond motifs is 4. The molecule has 0 atom stereocenters. The van der Waals surface area contributed by atoms with Gasteiger partial charge in [-0.2, -0.15) is 0 Å². The van der Waals surface area contributed by atoms with Crippen LogP contribution in [-0.2, 0) is 0 Å². The van der Waals surface area contributed by atoms with Gasteiger partial charge >= 0.3 is 0 Å². The van der Waals surface area contributed by atoms with Crippen molar-refractivity contribution >= 4 is 49.6 Å². The van der Waals surface area contributed by atoms with Crippen LogP contribution >= 0.6 is 0 Å². The van der Waals surface area contributed by atoms with Crippen molar-refractivity contribution in [1.82, 2.24) is 4.57 Å². The first-order valence-corrected chi connectivity index (χ1v) is 24.7. The molecule has 0 amide bonds. The van der Waals surface area contributed by atoms with Crippen molar-refractivity contribution in [3.05, 3.63) is 291 Å². The van der Waals surface area contributed by atoms with Crippen LogP contribution in [0.3, 0.4) is 0 Å². The fraction of sp³-hybridized carbons (Fsp3) is 0. The van der Waals surface area contributed by atoms with Gasteiger partial charge in [0, 0.05) is 33.3 Å². The van der Waals surface area contributed by atoms with Crippen LogP contribution in [-0.4, -0.2) is 4.57 Å². The molecule has 0 aliphatic carbocycles. The summed E-state index contributed by atoms with van der Waals surface area (Å²) in [5, 5.41) is 5.02. The first-order valence-electron chi connectivity index (χ1n) is 24.7. The minimum Gasteiger partial charge on any atom is -0.310 e. The summed E-state index contributed by atoms with van der Waals surface area (Å²) in [5.41, 5.74) is 21.0. The van der Waals surface area contributed by atoms with Crippen molar-refractivity contribution in [2.45, 2.75) is 0 Å². The van der Waals surface area contributed by atoms with Crippen LogP contribution in [0.1, 0.15) is 0 Å². The Bertz CT molecular complexity index is 4000. The van der Waals surface area contributed by atoms with Crippen molar-refractivity contribution < 1.29 is 0 Å². The SMILES string of the molecule is c1ccc(-c2ccc(-c3ccccc3N(c3ccc(-c4ccc(-c5ccccc5-n5c6ccccc6c6ccccc65)cc4)cc3)c3ccc(-c4cccc(-c5ccc6ccccc6c5)c4)cc3)cc2)cc1. The van der Waals surface area contributed by atoms with E-state index in [9.17, 15) is 0 Å². The Balaban J connectivity index is 0.849. The molecular weight excluding hydrogens is 869 g/mol. The van der Waals surface area contributed by atoms with Crippen LogP contribution in [0.4, 0.5) is 17.1 Å². The summed E-state index contributed by atoms with van der Waals surface area (Å²) in [5.74, 6) is 0. The number of para-hydroxylation sites is 4. The Morgan fingerprint density at radius 3 is 1.28 bits per heavy atom. The molecular formula is C70H48N2. The van der Waals surface area contributed by atoms with Gasteiger partial charge < -0.3 is 9.47 Å². The highest BCUT2D eigenvalue weighted by Gasteiger charge is 2.19. The Hall–Kier alpha value is -9.50. The van der Waals surface area contributed by atoms with Gasteiger partial charge in [0.15, 0.2) is 0 Å². The van der Waals surface area contributed by atoms with Gasteiger partial charge in [0.1, 0.15) is 0 Å². The minimum absolute atomic E-state index is 1.08. The van der Waals surface area contributed by atoms with Gasteiger partial charge in [0.25, 0.3) is 0 Å². The summed E-state index contributed by atoms with van der Waals surface area (Å²) >= 11 is 0. The predicted octanol–water partition coefficient (Wildman–Crippen LogP) is 19.4. The molecule has 0 spiro atoms. The Kier molecular flexibility index (Phi) is 10.9. The maximum atomic E-state index is 2.41. The van der Waals surface area contributed by atoms with E-state index in [1.807, 2.05) is 0 Å². The standard InChI is InChI=1S/C70H48N2/c1-2-15-49(16-3-1)51-29-34-55(35-30-51)63-21-6-10-25-67(63)71(62-45-41-54(42-46-62)58-19-14-20-59(47-58)60-38-33-50-17-4-5-18-57(50)48-60)61-43-39-53(40-44-61)52-31-36-56(37-32-52)64-22-7-11-26-68(64)72-69-27-12-8-23-65(69)66-24-9-13-28-70(66)72/h1-48H. The maximum absolute atomic E-state index is 2.41. The molecule has 0 radical (unpaired) electrons. The molecule has 0 bridgehead atoms. The summed E-state index contributed by atoms with van der Waals surface area (Å²) in [6.07, 6.45) is 0. The van der Waals surface area contributed by atoms with Gasteiger partial charge in [0.2, 0.25) is 0 Å². The highest BCUT2D eigenvalue weighted by Crippen LogP contribution is 2.43. The number of rotatable bonds is 10. The number of aromatic nitrogens is 1. The monoisotopic (exact) mass is 916 g/mol. The molecule has 0 aliphatic rings. The number of benzene rings is 12. The van der Waals surface area contributed by atoms with Gasteiger partial charge in [-0.05, 0) is 127 Å². The van der Waals surface area contributed by atoms with E-state index in [2.05, 4.69) is 301 Å². The number of hydrogen-bond acceptors (Lipinski definition) is 1. The lowest BCUT2D eigenvalue weighted by molar-refractivity contribution is 1.18. The van der Waals surface area contributed by atoms with Crippen molar-refractivity contribution in [2.75, 3.05) is 4.90 Å². The molecule has 1 heterocycles. The van der Waals surface area contributed by atoms with Gasteiger partial charge in [-0.15, -0.1) is 0 Å². The highest BCUT2D eigenvalue weighted by molar-refractivity contribution is 6.09. The maximum Gasteiger partial charge on any atom is 0.0541 e. The lowest BCUT2D eigenvalue weighted by atomic mass is 9.96. The third kappa shape index (κ3) is 7.92. The summed E-state index contributed by atoms with van der Waals surface area (Å²) in [6, 6.07) is 106. The van der Waals surface area contributed by atoms with Crippen LogP contribution in [0.25, 0.3) is 105 Å². The Labute approximate surface area is 420 Å². The van der Waals surface area contributed by atoms with Gasteiger partial charge in [-0.25, -0.2) is 0 Å². The van der Waals surface area contributed by atoms with E-state index in [0.29, 0.717) is 0 Å². The van der Waals surface area contributed by atoms with Crippen molar-refractivity contribution in [3.8, 4) is 72.4 Å². The molecule has 13 rings (SSSR count). The Morgan fingerprint density at radius 1 is 0.236 bits per heavy atom. The van der Waals surface area contributed by atoms with Crippen LogP contribution in [0.5, 0.6) is 0 Å². The summed E-state index contributed by atoms with van der Waals surface area (Å²) in [7, 11) is 0. The molecule has 0 fully saturated rings. The Morgan fingerprint density at radius 2 is 0.639 bits per heavy atom. The second kappa shape index (κ2) is 18.4. The van der Waals surface area contributed by atoms with Crippen molar-refractivity contribution in [2.24, 2.45) is 0 Å². The van der Waals surface area contributed by atoms with Gasteiger partial charge in [0.05, 0.1) is 22.4 Å². The molecule has 0 N–H and O–H groups in total. The molecule has 13 aromatic rings. The summed E-state index contributed by atoms with van der Waals surface area (Å²) < 4.78 is 2.41. The fourth-order valence-electron chi connectivity index (χ4n) is 10.6. The second-order valence-electron chi connectivity index (χ2n) is 18.5. The van der Waals surface area contributed by atoms with Gasteiger partial charge in [-0.1, -0.05) is 231 Å². The predicted molar refractivity (Wildman–Crippen MR) is 306 cm³/mol. The lowest BCUT2D eigenvalue weighted by Crippen LogP contribution is -2.11. The zero-order valence-electron chi connectivity index (χ0n) is 39.6. The van der Waals surface area contributed by atoms with E-state index in [1.54, 1.807) is 0 Å². The van der Waals surface area contributed by atoms with E-state index >= 15 is 0 Å². The number of anilines is 3. The van der Waals surface area contributed by atoms with E-state index in [-0.39, 0.29) is 0 Å². The second-order valence-corrected chi connectivity index (χ2v) is 18.5. The molecule has 0 saturated carbocycles. The molecule has 0 saturated heterocycles. The number of nitrogens with zero attached hydrogens (tertiary/aromatic N) is 2. The largest absolute Gasteiger partial charge is 0.310 e. The summed E-state index contributed by atoms with van der Waals surface area (Å²) in [6.45, 7) is 0. The van der Waals surface area contributed by atoms with E-state index < -0.39 is 0 Å². The molecule has 338 valence electrons. The molecule has 12 aromatic carbocycles. The summed E-state index contributed by atoms with van der Waals surface area (Å²) in [4.78, 5) is 2.40. The first kappa shape index (κ1) is 42.6. The molecule has 0 aliphatic heterocycles. The van der Waals surface area contributed by atoms with Crippen LogP contribution in [0.15, 0.2) is 291 Å². The van der Waals surface area contributed by atoms with E-state index in [0.717, 1.165) is 33.8 Å². The first-order chi connectivity index (χ1) is 35.7. The average Bonchev–Trinajstić information content (AvgIpc) is 3.80. The zero-order chi connectivity index (χ0) is 47.8. The van der Waals surface area contributed by atoms with Crippen molar-refractivity contribution in [1.29, 1.82) is 0 Å². The average molecular weight is 917 g/mol. The third-order valence-corrected chi connectivity index (χ3v) is 14.2. The van der Waals surface area contributed by atoms with Crippen LogP contribution in [0, 0.1) is 0 Å². The van der Waals surface area contributed by atoms with E-state index in [1.165, 1.54) is 88.3 Å². The molecule has 2 nitrogen and oxygen atoms in total. The minimum atomic E-state index is 1.08. The molecule has 0 unspecified atom stereocenters.